The highest BCUT2D eigenvalue weighted by molar-refractivity contribution is 5.35. The zero-order valence-corrected chi connectivity index (χ0v) is 12.2. The fourth-order valence-corrected chi connectivity index (χ4v) is 2.04. The molecular weight excluding hydrogens is 252 g/mol. The highest BCUT2D eigenvalue weighted by atomic mass is 16.5. The molecule has 0 saturated heterocycles. The summed E-state index contributed by atoms with van der Waals surface area (Å²) in [6.45, 7) is 3.37. The lowest BCUT2D eigenvalue weighted by Gasteiger charge is -2.17. The first-order valence-corrected chi connectivity index (χ1v) is 7.66. The van der Waals surface area contributed by atoms with E-state index in [1.54, 1.807) is 0 Å². The van der Waals surface area contributed by atoms with E-state index in [9.17, 15) is 0 Å². The number of rotatable bonds is 9. The van der Waals surface area contributed by atoms with Gasteiger partial charge in [0.25, 0.3) is 0 Å². The van der Waals surface area contributed by atoms with E-state index in [-0.39, 0.29) is 0 Å². The maximum absolute atomic E-state index is 5.65. The van der Waals surface area contributed by atoms with Crippen LogP contribution < -0.4 is 10.2 Å². The summed E-state index contributed by atoms with van der Waals surface area (Å²) >= 11 is 0. The van der Waals surface area contributed by atoms with Gasteiger partial charge in [-0.05, 0) is 43.7 Å². The summed E-state index contributed by atoms with van der Waals surface area (Å²) in [6, 6.07) is 4.81. The molecule has 20 heavy (non-hydrogen) atoms. The second kappa shape index (κ2) is 6.50. The van der Waals surface area contributed by atoms with Gasteiger partial charge >= 0.3 is 0 Å². The van der Waals surface area contributed by atoms with E-state index >= 15 is 0 Å². The average Bonchev–Trinajstić information content (AvgIpc) is 3.36. The van der Waals surface area contributed by atoms with Crippen LogP contribution in [0, 0.1) is 5.92 Å². The minimum Gasteiger partial charge on any atom is -0.379 e. The van der Waals surface area contributed by atoms with Crippen LogP contribution in [-0.4, -0.2) is 43.0 Å². The van der Waals surface area contributed by atoms with E-state index in [2.05, 4.69) is 26.5 Å². The molecular formula is C15H24N4O. The number of aromatic nitrogens is 2. The van der Waals surface area contributed by atoms with Gasteiger partial charge in [0.1, 0.15) is 0 Å². The van der Waals surface area contributed by atoms with Gasteiger partial charge in [-0.15, -0.1) is 5.10 Å². The number of hydrogen-bond donors (Lipinski definition) is 1. The van der Waals surface area contributed by atoms with Gasteiger partial charge in [-0.1, -0.05) is 0 Å². The molecule has 0 aliphatic heterocycles. The third-order valence-corrected chi connectivity index (χ3v) is 3.87. The molecule has 0 unspecified atom stereocenters. The molecule has 2 aliphatic carbocycles. The minimum atomic E-state index is 0.711. The van der Waals surface area contributed by atoms with Crippen molar-refractivity contribution >= 4 is 5.82 Å². The van der Waals surface area contributed by atoms with E-state index in [1.165, 1.54) is 25.7 Å². The molecule has 1 N–H and O–H groups in total. The average molecular weight is 276 g/mol. The van der Waals surface area contributed by atoms with Gasteiger partial charge in [0.15, 0.2) is 5.82 Å². The molecule has 2 aliphatic rings. The molecule has 110 valence electrons. The van der Waals surface area contributed by atoms with Crippen LogP contribution in [0.1, 0.15) is 31.4 Å². The lowest BCUT2D eigenvalue weighted by Crippen LogP contribution is -2.24. The van der Waals surface area contributed by atoms with Gasteiger partial charge in [-0.25, -0.2) is 0 Å². The molecule has 0 atom stereocenters. The lowest BCUT2D eigenvalue weighted by atomic mass is 10.3. The molecule has 3 rings (SSSR count). The molecule has 0 radical (unpaired) electrons. The van der Waals surface area contributed by atoms with Crippen LogP contribution in [0.3, 0.4) is 0 Å². The van der Waals surface area contributed by atoms with Crippen LogP contribution in [0.5, 0.6) is 0 Å². The van der Waals surface area contributed by atoms with Gasteiger partial charge < -0.3 is 15.0 Å². The third kappa shape index (κ3) is 4.42. The summed E-state index contributed by atoms with van der Waals surface area (Å²) in [5.41, 5.74) is 1.01. The second-order valence-electron chi connectivity index (χ2n) is 5.98. The first kappa shape index (κ1) is 13.8. The van der Waals surface area contributed by atoms with Crippen LogP contribution in [0.15, 0.2) is 12.1 Å². The normalized spacial score (nSPS) is 18.2. The molecule has 0 bridgehead atoms. The summed E-state index contributed by atoms with van der Waals surface area (Å²) in [7, 11) is 2.03. The third-order valence-electron chi connectivity index (χ3n) is 3.87. The van der Waals surface area contributed by atoms with Gasteiger partial charge in [0.05, 0.1) is 12.3 Å². The molecule has 0 amide bonds. The van der Waals surface area contributed by atoms with Crippen LogP contribution >= 0.6 is 0 Å². The van der Waals surface area contributed by atoms with E-state index < -0.39 is 0 Å². The Hall–Kier alpha value is -1.20. The van der Waals surface area contributed by atoms with Crippen molar-refractivity contribution in [3.63, 3.8) is 0 Å². The predicted octanol–water partition coefficient (Wildman–Crippen LogP) is 1.59. The van der Waals surface area contributed by atoms with E-state index in [0.29, 0.717) is 6.04 Å². The number of hydrogen-bond acceptors (Lipinski definition) is 5. The minimum absolute atomic E-state index is 0.711. The summed E-state index contributed by atoms with van der Waals surface area (Å²) in [5.74, 6) is 1.74. The van der Waals surface area contributed by atoms with Crippen LogP contribution in [0.4, 0.5) is 5.82 Å². The number of nitrogens with zero attached hydrogens (tertiary/aromatic N) is 3. The SMILES string of the molecule is CN(CCOCC1CC1)c1ccc(CNC2CC2)nn1. The van der Waals surface area contributed by atoms with Crippen LogP contribution in [-0.2, 0) is 11.3 Å². The fourth-order valence-electron chi connectivity index (χ4n) is 2.04. The predicted molar refractivity (Wildman–Crippen MR) is 78.7 cm³/mol. The molecule has 5 heteroatoms. The maximum atomic E-state index is 5.65. The first-order valence-electron chi connectivity index (χ1n) is 7.66. The number of ether oxygens (including phenoxy) is 1. The van der Waals surface area contributed by atoms with Crippen molar-refractivity contribution in [3.05, 3.63) is 17.8 Å². The van der Waals surface area contributed by atoms with Crippen molar-refractivity contribution in [3.8, 4) is 0 Å². The van der Waals surface area contributed by atoms with Gasteiger partial charge in [0.2, 0.25) is 0 Å². The Kier molecular flexibility index (Phi) is 4.47. The van der Waals surface area contributed by atoms with Crippen molar-refractivity contribution in [1.82, 2.24) is 15.5 Å². The number of nitrogens with one attached hydrogen (secondary N) is 1. The maximum Gasteiger partial charge on any atom is 0.151 e. The topological polar surface area (TPSA) is 50.3 Å². The van der Waals surface area contributed by atoms with Gasteiger partial charge in [-0.2, -0.15) is 5.10 Å². The highest BCUT2D eigenvalue weighted by Gasteiger charge is 2.21. The van der Waals surface area contributed by atoms with Crippen LogP contribution in [0.2, 0.25) is 0 Å². The molecule has 2 fully saturated rings. The zero-order chi connectivity index (χ0) is 13.8. The fraction of sp³-hybridized carbons (Fsp3) is 0.733. The summed E-state index contributed by atoms with van der Waals surface area (Å²) < 4.78 is 5.65. The molecule has 2 saturated carbocycles. The Morgan fingerprint density at radius 1 is 1.25 bits per heavy atom. The van der Waals surface area contributed by atoms with Gasteiger partial charge in [0, 0.05) is 32.8 Å². The van der Waals surface area contributed by atoms with Crippen LogP contribution in [0.25, 0.3) is 0 Å². The summed E-state index contributed by atoms with van der Waals surface area (Å²) in [4.78, 5) is 2.10. The van der Waals surface area contributed by atoms with Crippen molar-refractivity contribution in [1.29, 1.82) is 0 Å². The number of likely N-dealkylation sites (N-methyl/N-ethyl adjacent to an activating group) is 1. The summed E-state index contributed by atoms with van der Waals surface area (Å²) in [5, 5.41) is 12.0. The molecule has 1 heterocycles. The molecule has 0 spiro atoms. The Morgan fingerprint density at radius 2 is 2.10 bits per heavy atom. The molecule has 1 aromatic heterocycles. The lowest BCUT2D eigenvalue weighted by molar-refractivity contribution is 0.130. The highest BCUT2D eigenvalue weighted by Crippen LogP contribution is 2.28. The van der Waals surface area contributed by atoms with Gasteiger partial charge in [-0.3, -0.25) is 0 Å². The molecule has 0 aromatic carbocycles. The Balaban J connectivity index is 1.38. The van der Waals surface area contributed by atoms with Crippen molar-refractivity contribution < 1.29 is 4.74 Å². The quantitative estimate of drug-likeness (QED) is 0.694. The Bertz CT molecular complexity index is 414. The van der Waals surface area contributed by atoms with E-state index in [4.69, 9.17) is 4.74 Å². The zero-order valence-electron chi connectivity index (χ0n) is 12.2. The molecule has 5 nitrogen and oxygen atoms in total. The number of anilines is 1. The molecule has 1 aromatic rings. The van der Waals surface area contributed by atoms with E-state index in [1.807, 2.05) is 13.1 Å². The van der Waals surface area contributed by atoms with Crippen molar-refractivity contribution in [2.24, 2.45) is 5.92 Å². The largest absolute Gasteiger partial charge is 0.379 e. The monoisotopic (exact) mass is 276 g/mol. The van der Waals surface area contributed by atoms with Crippen molar-refractivity contribution in [2.75, 3.05) is 31.7 Å². The first-order chi connectivity index (χ1) is 9.81. The standard InChI is InChI=1S/C15H24N4O/c1-19(8-9-20-11-12-2-3-12)15-7-6-14(17-18-15)10-16-13-4-5-13/h6-7,12-13,16H,2-5,8-11H2,1H3. The van der Waals surface area contributed by atoms with E-state index in [0.717, 1.165) is 43.7 Å². The second-order valence-corrected chi connectivity index (χ2v) is 5.98. The summed E-state index contributed by atoms with van der Waals surface area (Å²) in [6.07, 6.45) is 5.29. The smallest absolute Gasteiger partial charge is 0.151 e. The van der Waals surface area contributed by atoms with Crippen molar-refractivity contribution in [2.45, 2.75) is 38.3 Å². The Morgan fingerprint density at radius 3 is 2.75 bits per heavy atom. The Labute approximate surface area is 120 Å².